The monoisotopic (exact) mass is 294 g/mol. The summed E-state index contributed by atoms with van der Waals surface area (Å²) in [5.41, 5.74) is 4.46. The van der Waals surface area contributed by atoms with E-state index in [2.05, 4.69) is 10.5 Å². The number of allylic oxidation sites excluding steroid dienone is 1. The quantitative estimate of drug-likeness (QED) is 0.656. The van der Waals surface area contributed by atoms with Gasteiger partial charge in [0.05, 0.1) is 6.21 Å². The van der Waals surface area contributed by atoms with Gasteiger partial charge in [-0.15, -0.1) is 0 Å². The highest BCUT2D eigenvalue weighted by Crippen LogP contribution is 2.07. The van der Waals surface area contributed by atoms with Crippen LogP contribution in [0.1, 0.15) is 12.5 Å². The van der Waals surface area contributed by atoms with Gasteiger partial charge in [0.15, 0.2) is 6.61 Å². The Morgan fingerprint density at radius 3 is 2.41 bits per heavy atom. The van der Waals surface area contributed by atoms with Gasteiger partial charge >= 0.3 is 0 Å². The molecule has 2 aromatic carbocycles. The molecule has 0 aliphatic carbocycles. The van der Waals surface area contributed by atoms with Crippen LogP contribution in [0.3, 0.4) is 0 Å². The second-order valence-corrected chi connectivity index (χ2v) is 4.69. The van der Waals surface area contributed by atoms with Crippen molar-refractivity contribution >= 4 is 18.2 Å². The molecule has 0 saturated heterocycles. The molecule has 2 rings (SSSR count). The molecule has 22 heavy (non-hydrogen) atoms. The Bertz CT molecular complexity index is 649. The number of nitrogens with zero attached hydrogens (tertiary/aromatic N) is 1. The first kappa shape index (κ1) is 15.5. The maximum Gasteiger partial charge on any atom is 0.277 e. The fourth-order valence-electron chi connectivity index (χ4n) is 1.75. The molecule has 0 aliphatic rings. The molecule has 0 aromatic heterocycles. The molecule has 0 fully saturated rings. The number of benzene rings is 2. The van der Waals surface area contributed by atoms with Crippen LogP contribution in [0.5, 0.6) is 5.75 Å². The van der Waals surface area contributed by atoms with Gasteiger partial charge < -0.3 is 4.74 Å². The van der Waals surface area contributed by atoms with E-state index in [9.17, 15) is 4.79 Å². The predicted octanol–water partition coefficient (Wildman–Crippen LogP) is 3.27. The lowest BCUT2D eigenvalue weighted by Crippen LogP contribution is -2.24. The van der Waals surface area contributed by atoms with Crippen molar-refractivity contribution in [2.75, 3.05) is 6.61 Å². The fraction of sp³-hybridized carbons (Fsp3) is 0.111. The molecule has 0 radical (unpaired) electrons. The highest BCUT2D eigenvalue weighted by Gasteiger charge is 2.00. The Morgan fingerprint density at radius 1 is 1.09 bits per heavy atom. The van der Waals surface area contributed by atoms with E-state index in [4.69, 9.17) is 4.74 Å². The zero-order chi connectivity index (χ0) is 15.6. The van der Waals surface area contributed by atoms with E-state index in [0.717, 1.165) is 11.1 Å². The van der Waals surface area contributed by atoms with Gasteiger partial charge in [-0.05, 0) is 30.2 Å². The summed E-state index contributed by atoms with van der Waals surface area (Å²) in [7, 11) is 0. The first-order valence-corrected chi connectivity index (χ1v) is 6.97. The van der Waals surface area contributed by atoms with Crippen molar-refractivity contribution in [2.24, 2.45) is 5.10 Å². The minimum absolute atomic E-state index is 0.0667. The number of rotatable bonds is 6. The Labute approximate surface area is 130 Å². The number of ether oxygens (including phenoxy) is 1. The van der Waals surface area contributed by atoms with E-state index in [0.29, 0.717) is 5.75 Å². The summed E-state index contributed by atoms with van der Waals surface area (Å²) in [5.74, 6) is 0.356. The topological polar surface area (TPSA) is 50.7 Å². The minimum Gasteiger partial charge on any atom is -0.484 e. The molecular formula is C18H18N2O2. The number of hydrogen-bond acceptors (Lipinski definition) is 3. The molecule has 0 unspecified atom stereocenters. The van der Waals surface area contributed by atoms with Crippen LogP contribution >= 0.6 is 0 Å². The summed E-state index contributed by atoms with van der Waals surface area (Å²) in [4.78, 5) is 11.6. The third kappa shape index (κ3) is 5.63. The lowest BCUT2D eigenvalue weighted by atomic mass is 10.1. The number of amides is 1. The Hall–Kier alpha value is -2.88. The maximum atomic E-state index is 11.6. The van der Waals surface area contributed by atoms with Crippen LogP contribution in [0, 0.1) is 0 Å². The number of para-hydroxylation sites is 1. The first-order chi connectivity index (χ1) is 10.7. The van der Waals surface area contributed by atoms with E-state index >= 15 is 0 Å². The molecule has 0 saturated carbocycles. The Morgan fingerprint density at radius 2 is 1.73 bits per heavy atom. The van der Waals surface area contributed by atoms with Gasteiger partial charge in [0.25, 0.3) is 5.91 Å². The first-order valence-electron chi connectivity index (χ1n) is 6.97. The van der Waals surface area contributed by atoms with Crippen molar-refractivity contribution in [3.8, 4) is 5.75 Å². The van der Waals surface area contributed by atoms with Crippen LogP contribution in [0.2, 0.25) is 0 Å². The molecule has 4 nitrogen and oxygen atoms in total. The zero-order valence-electron chi connectivity index (χ0n) is 12.4. The number of carbonyl (C=O) groups excluding carboxylic acids is 1. The van der Waals surface area contributed by atoms with E-state index in [1.54, 1.807) is 18.3 Å². The molecule has 0 aliphatic heterocycles. The summed E-state index contributed by atoms with van der Waals surface area (Å²) < 4.78 is 5.32. The minimum atomic E-state index is -0.299. The van der Waals surface area contributed by atoms with Crippen LogP contribution < -0.4 is 10.2 Å². The van der Waals surface area contributed by atoms with Crippen LogP contribution in [0.25, 0.3) is 6.08 Å². The van der Waals surface area contributed by atoms with Gasteiger partial charge in [-0.3, -0.25) is 4.79 Å². The van der Waals surface area contributed by atoms with Crippen molar-refractivity contribution in [3.63, 3.8) is 0 Å². The molecule has 112 valence electrons. The van der Waals surface area contributed by atoms with Crippen LogP contribution in [-0.2, 0) is 4.79 Å². The standard InChI is InChI=1S/C18H18N2O2/c1-15(12-16-8-4-2-5-9-16)13-19-20-18(21)14-22-17-10-6-3-7-11-17/h2-13H,14H2,1H3,(H,20,21)/b15-12+,19-13+. The molecule has 0 spiro atoms. The fourth-order valence-corrected chi connectivity index (χ4v) is 1.75. The van der Waals surface area contributed by atoms with Crippen molar-refractivity contribution in [3.05, 3.63) is 71.8 Å². The second kappa shape index (κ2) is 8.42. The molecule has 2 aromatic rings. The van der Waals surface area contributed by atoms with E-state index in [-0.39, 0.29) is 12.5 Å². The van der Waals surface area contributed by atoms with Crippen LogP contribution in [0.15, 0.2) is 71.3 Å². The number of hydrazone groups is 1. The normalized spacial score (nSPS) is 11.4. The summed E-state index contributed by atoms with van der Waals surface area (Å²) in [6, 6.07) is 19.1. The number of nitrogens with one attached hydrogen (secondary N) is 1. The zero-order valence-corrected chi connectivity index (χ0v) is 12.4. The second-order valence-electron chi connectivity index (χ2n) is 4.69. The SMILES string of the molecule is CC(/C=N/NC(=O)COc1ccccc1)=C\c1ccccc1. The Kier molecular flexibility index (Phi) is 5.93. The molecule has 0 heterocycles. The lowest BCUT2D eigenvalue weighted by molar-refractivity contribution is -0.123. The maximum absolute atomic E-state index is 11.6. The summed E-state index contributed by atoms with van der Waals surface area (Å²) in [6.45, 7) is 1.85. The Balaban J connectivity index is 1.77. The van der Waals surface area contributed by atoms with E-state index < -0.39 is 0 Å². The molecule has 1 amide bonds. The van der Waals surface area contributed by atoms with Crippen molar-refractivity contribution in [2.45, 2.75) is 6.92 Å². The molecule has 0 bridgehead atoms. The highest BCUT2D eigenvalue weighted by molar-refractivity contribution is 5.86. The van der Waals surface area contributed by atoms with Crippen LogP contribution in [0.4, 0.5) is 0 Å². The summed E-state index contributed by atoms with van der Waals surface area (Å²) in [6.07, 6.45) is 3.59. The van der Waals surface area contributed by atoms with Crippen molar-refractivity contribution in [1.29, 1.82) is 0 Å². The molecule has 0 atom stereocenters. The van der Waals surface area contributed by atoms with Gasteiger partial charge in [0.2, 0.25) is 0 Å². The highest BCUT2D eigenvalue weighted by atomic mass is 16.5. The third-order valence-electron chi connectivity index (χ3n) is 2.76. The van der Waals surface area contributed by atoms with Gasteiger partial charge in [-0.25, -0.2) is 5.43 Å². The van der Waals surface area contributed by atoms with Gasteiger partial charge in [0, 0.05) is 0 Å². The third-order valence-corrected chi connectivity index (χ3v) is 2.76. The van der Waals surface area contributed by atoms with Gasteiger partial charge in [-0.1, -0.05) is 54.6 Å². The van der Waals surface area contributed by atoms with Crippen LogP contribution in [-0.4, -0.2) is 18.7 Å². The number of carbonyl (C=O) groups is 1. The molecule has 4 heteroatoms. The van der Waals surface area contributed by atoms with Gasteiger partial charge in [0.1, 0.15) is 5.75 Å². The molecular weight excluding hydrogens is 276 g/mol. The molecule has 1 N–H and O–H groups in total. The van der Waals surface area contributed by atoms with Crippen molar-refractivity contribution < 1.29 is 9.53 Å². The number of hydrogen-bond donors (Lipinski definition) is 1. The average molecular weight is 294 g/mol. The van der Waals surface area contributed by atoms with Gasteiger partial charge in [-0.2, -0.15) is 5.10 Å². The lowest BCUT2D eigenvalue weighted by Gasteiger charge is -2.04. The summed E-state index contributed by atoms with van der Waals surface area (Å²) >= 11 is 0. The predicted molar refractivity (Wildman–Crippen MR) is 88.7 cm³/mol. The van der Waals surface area contributed by atoms with E-state index in [1.807, 2.05) is 61.5 Å². The van der Waals surface area contributed by atoms with E-state index in [1.165, 1.54) is 0 Å². The summed E-state index contributed by atoms with van der Waals surface area (Å²) in [5, 5.41) is 3.91. The largest absolute Gasteiger partial charge is 0.484 e. The van der Waals surface area contributed by atoms with Crippen molar-refractivity contribution in [1.82, 2.24) is 5.43 Å². The average Bonchev–Trinajstić information content (AvgIpc) is 2.55. The smallest absolute Gasteiger partial charge is 0.277 e.